The molecule has 0 saturated carbocycles. The van der Waals surface area contributed by atoms with Crippen LogP contribution < -0.4 is 4.74 Å². The average Bonchev–Trinajstić information content (AvgIpc) is 2.87. The first-order chi connectivity index (χ1) is 16.5. The number of ketones is 1. The zero-order valence-corrected chi connectivity index (χ0v) is 18.6. The third-order valence-corrected chi connectivity index (χ3v) is 5.60. The van der Waals surface area contributed by atoms with E-state index in [2.05, 4.69) is 6.07 Å². The molecule has 0 heterocycles. The lowest BCUT2D eigenvalue weighted by Crippen LogP contribution is -2.02. The maximum Gasteiger partial charge on any atom is 0.163 e. The van der Waals surface area contributed by atoms with Crippen LogP contribution in [0.25, 0.3) is 11.1 Å². The third-order valence-electron chi connectivity index (χ3n) is 5.60. The monoisotopic (exact) mass is 449 g/mol. The smallest absolute Gasteiger partial charge is 0.163 e. The van der Waals surface area contributed by atoms with Crippen LogP contribution in [0.5, 0.6) is 11.5 Å². The van der Waals surface area contributed by atoms with E-state index >= 15 is 0 Å². The maximum absolute atomic E-state index is 11.9. The van der Waals surface area contributed by atoms with Gasteiger partial charge in [0, 0.05) is 0 Å². The van der Waals surface area contributed by atoms with Crippen molar-refractivity contribution < 1.29 is 19.7 Å². The summed E-state index contributed by atoms with van der Waals surface area (Å²) >= 11 is 0. The number of carbonyl (C=O) groups excluding carboxylic acids is 1. The summed E-state index contributed by atoms with van der Waals surface area (Å²) in [4.78, 5) is 11.9. The molecule has 0 aliphatic heterocycles. The minimum Gasteiger partial charge on any atom is -0.506 e. The lowest BCUT2D eigenvalue weighted by atomic mass is 9.98. The van der Waals surface area contributed by atoms with Crippen LogP contribution >= 0.6 is 0 Å². The lowest BCUT2D eigenvalue weighted by molar-refractivity contribution is 0.101. The van der Waals surface area contributed by atoms with E-state index < -0.39 is 6.10 Å². The molecule has 0 fully saturated rings. The molecule has 1 unspecified atom stereocenters. The number of phenols is 1. The summed E-state index contributed by atoms with van der Waals surface area (Å²) < 4.78 is 6.04. The molecule has 0 radical (unpaired) electrons. The van der Waals surface area contributed by atoms with Gasteiger partial charge in [0.2, 0.25) is 0 Å². The van der Waals surface area contributed by atoms with Crippen LogP contribution in [0, 0.1) is 11.3 Å². The van der Waals surface area contributed by atoms with E-state index in [1.165, 1.54) is 6.92 Å². The third kappa shape index (κ3) is 4.83. The molecule has 5 nitrogen and oxygen atoms in total. The molecule has 4 aromatic carbocycles. The Bertz CT molecular complexity index is 1360. The molecule has 5 heteroatoms. The molecule has 4 rings (SSSR count). The Morgan fingerprint density at radius 1 is 0.941 bits per heavy atom. The Labute approximate surface area is 198 Å². The first kappa shape index (κ1) is 22.8. The largest absolute Gasteiger partial charge is 0.506 e. The number of nitriles is 1. The van der Waals surface area contributed by atoms with E-state index in [4.69, 9.17) is 10.00 Å². The Morgan fingerprint density at radius 2 is 1.68 bits per heavy atom. The predicted molar refractivity (Wildman–Crippen MR) is 130 cm³/mol. The zero-order chi connectivity index (χ0) is 24.1. The second-order valence-corrected chi connectivity index (χ2v) is 7.93. The number of aromatic hydroxyl groups is 1. The number of aliphatic hydroxyl groups is 1. The van der Waals surface area contributed by atoms with Gasteiger partial charge in [-0.1, -0.05) is 66.7 Å². The van der Waals surface area contributed by atoms with E-state index in [0.29, 0.717) is 28.0 Å². The first-order valence-electron chi connectivity index (χ1n) is 10.8. The van der Waals surface area contributed by atoms with Crippen molar-refractivity contribution in [3.8, 4) is 28.7 Å². The first-order valence-corrected chi connectivity index (χ1v) is 10.8. The minimum absolute atomic E-state index is 0.103. The average molecular weight is 450 g/mol. The maximum atomic E-state index is 11.9. The van der Waals surface area contributed by atoms with E-state index in [9.17, 15) is 15.0 Å². The fraction of sp³-hybridized carbons (Fsp3) is 0.103. The van der Waals surface area contributed by atoms with Gasteiger partial charge in [0.25, 0.3) is 0 Å². The van der Waals surface area contributed by atoms with Gasteiger partial charge in [-0.3, -0.25) is 4.79 Å². The summed E-state index contributed by atoms with van der Waals surface area (Å²) in [6, 6.07) is 28.9. The number of phenolic OH excluding ortho intramolecular Hbond substituents is 1. The molecule has 168 valence electrons. The highest BCUT2D eigenvalue weighted by Gasteiger charge is 2.18. The van der Waals surface area contributed by atoms with Crippen molar-refractivity contribution in [1.82, 2.24) is 0 Å². The van der Waals surface area contributed by atoms with Crippen LogP contribution in [-0.4, -0.2) is 16.0 Å². The van der Waals surface area contributed by atoms with Gasteiger partial charge in [-0.15, -0.1) is 0 Å². The molecule has 4 aromatic rings. The van der Waals surface area contributed by atoms with Crippen LogP contribution in [0.15, 0.2) is 91.0 Å². The van der Waals surface area contributed by atoms with Crippen molar-refractivity contribution in [2.45, 2.75) is 19.6 Å². The second-order valence-electron chi connectivity index (χ2n) is 7.93. The van der Waals surface area contributed by atoms with E-state index in [-0.39, 0.29) is 23.7 Å². The highest BCUT2D eigenvalue weighted by Crippen LogP contribution is 2.40. The van der Waals surface area contributed by atoms with Gasteiger partial charge >= 0.3 is 0 Å². The number of nitrogens with zero attached hydrogens (tertiary/aromatic N) is 1. The fourth-order valence-electron chi connectivity index (χ4n) is 3.79. The molecule has 1 atom stereocenters. The van der Waals surface area contributed by atoms with E-state index in [1.807, 2.05) is 54.6 Å². The molecule has 2 N–H and O–H groups in total. The van der Waals surface area contributed by atoms with Crippen LogP contribution in [0.1, 0.15) is 45.6 Å². The van der Waals surface area contributed by atoms with Crippen molar-refractivity contribution in [2.24, 2.45) is 0 Å². The molecule has 0 amide bonds. The summed E-state index contributed by atoms with van der Waals surface area (Å²) in [5, 5.41) is 30.5. The summed E-state index contributed by atoms with van der Waals surface area (Å²) in [7, 11) is 0. The van der Waals surface area contributed by atoms with Crippen molar-refractivity contribution in [1.29, 1.82) is 5.26 Å². The molecule has 0 aliphatic rings. The molecule has 34 heavy (non-hydrogen) atoms. The summed E-state index contributed by atoms with van der Waals surface area (Å²) in [5.41, 5.74) is 4.17. The molecular formula is C29H23NO4. The molecular weight excluding hydrogens is 426 g/mol. The Morgan fingerprint density at radius 3 is 2.35 bits per heavy atom. The van der Waals surface area contributed by atoms with Gasteiger partial charge in [-0.05, 0) is 53.4 Å². The Hall–Kier alpha value is -4.40. The SMILES string of the molecule is CC(=O)c1ccc(OCc2ccc(C(O)c3cccc(C#N)c3)cc2)c(-c2ccccc2)c1O. The van der Waals surface area contributed by atoms with Crippen LogP contribution in [0.3, 0.4) is 0 Å². The van der Waals surface area contributed by atoms with Crippen LogP contribution in [0.2, 0.25) is 0 Å². The molecule has 0 saturated heterocycles. The Balaban J connectivity index is 1.55. The van der Waals surface area contributed by atoms with Gasteiger partial charge < -0.3 is 14.9 Å². The van der Waals surface area contributed by atoms with Gasteiger partial charge in [0.05, 0.1) is 22.8 Å². The number of rotatable bonds is 7. The zero-order valence-electron chi connectivity index (χ0n) is 18.6. The molecule has 0 spiro atoms. The van der Waals surface area contributed by atoms with Gasteiger partial charge in [0.1, 0.15) is 24.2 Å². The Kier molecular flexibility index (Phi) is 6.72. The quantitative estimate of drug-likeness (QED) is 0.348. The van der Waals surface area contributed by atoms with E-state index in [1.54, 1.807) is 36.4 Å². The normalized spacial score (nSPS) is 11.4. The van der Waals surface area contributed by atoms with Crippen molar-refractivity contribution >= 4 is 5.78 Å². The predicted octanol–water partition coefficient (Wildman–Crippen LogP) is 5.79. The van der Waals surface area contributed by atoms with Gasteiger partial charge in [0.15, 0.2) is 5.78 Å². The summed E-state index contributed by atoms with van der Waals surface area (Å²) in [5.74, 6) is 0.135. The van der Waals surface area contributed by atoms with Crippen LogP contribution in [0.4, 0.5) is 0 Å². The lowest BCUT2D eigenvalue weighted by Gasteiger charge is -2.16. The summed E-state index contributed by atoms with van der Waals surface area (Å²) in [6.45, 7) is 1.65. The standard InChI is InChI=1S/C29H23NO4/c1-19(31)25-14-15-26(27(29(25)33)22-7-3-2-4-8-22)34-18-20-10-12-23(13-11-20)28(32)24-9-5-6-21(16-24)17-30/h2-16,28,32-33H,18H2,1H3. The fourth-order valence-corrected chi connectivity index (χ4v) is 3.79. The highest BCUT2D eigenvalue weighted by molar-refractivity contribution is 6.00. The van der Waals surface area contributed by atoms with Crippen molar-refractivity contribution in [3.05, 3.63) is 119 Å². The van der Waals surface area contributed by atoms with Gasteiger partial charge in [-0.25, -0.2) is 0 Å². The number of benzene rings is 4. The number of ether oxygens (including phenoxy) is 1. The number of aliphatic hydroxyl groups excluding tert-OH is 1. The number of hydrogen-bond donors (Lipinski definition) is 2. The molecule has 0 bridgehead atoms. The van der Waals surface area contributed by atoms with Crippen molar-refractivity contribution in [3.63, 3.8) is 0 Å². The van der Waals surface area contributed by atoms with Crippen molar-refractivity contribution in [2.75, 3.05) is 0 Å². The van der Waals surface area contributed by atoms with Gasteiger partial charge in [-0.2, -0.15) is 5.26 Å². The second kappa shape index (κ2) is 10.0. The number of carbonyl (C=O) groups is 1. The highest BCUT2D eigenvalue weighted by atomic mass is 16.5. The molecule has 0 aromatic heterocycles. The summed E-state index contributed by atoms with van der Waals surface area (Å²) in [6.07, 6.45) is -0.843. The topological polar surface area (TPSA) is 90.5 Å². The van der Waals surface area contributed by atoms with E-state index in [0.717, 1.165) is 11.1 Å². The number of Topliss-reactive ketones (excluding diaryl/α,β-unsaturated/α-hetero) is 1. The minimum atomic E-state index is -0.843. The number of hydrogen-bond acceptors (Lipinski definition) is 5. The van der Waals surface area contributed by atoms with Crippen LogP contribution in [-0.2, 0) is 6.61 Å². The molecule has 0 aliphatic carbocycles.